The van der Waals surface area contributed by atoms with E-state index >= 15 is 0 Å². The number of carbonyl (C=O) groups is 1. The molecule has 2 heterocycles. The molecule has 0 saturated carbocycles. The summed E-state index contributed by atoms with van der Waals surface area (Å²) in [5, 5.41) is 6.42. The molecule has 1 amide bonds. The molecule has 0 radical (unpaired) electrons. The van der Waals surface area contributed by atoms with E-state index in [4.69, 9.17) is 0 Å². The Bertz CT molecular complexity index is 780. The molecule has 5 heteroatoms. The molecule has 0 saturated heterocycles. The number of benzene rings is 1. The van der Waals surface area contributed by atoms with Crippen LogP contribution < -0.4 is 0 Å². The van der Waals surface area contributed by atoms with Gasteiger partial charge in [-0.05, 0) is 42.5 Å². The van der Waals surface area contributed by atoms with Gasteiger partial charge in [-0.1, -0.05) is 24.3 Å². The maximum atomic E-state index is 12.4. The highest BCUT2D eigenvalue weighted by Gasteiger charge is 2.18. The molecule has 4 nitrogen and oxygen atoms in total. The molecule has 0 fully saturated rings. The van der Waals surface area contributed by atoms with Gasteiger partial charge in [0.05, 0.1) is 17.9 Å². The van der Waals surface area contributed by atoms with Gasteiger partial charge in [0, 0.05) is 24.5 Å². The van der Waals surface area contributed by atoms with Gasteiger partial charge < -0.3 is 4.90 Å². The van der Waals surface area contributed by atoms with E-state index in [0.29, 0.717) is 12.8 Å². The van der Waals surface area contributed by atoms with Gasteiger partial charge in [-0.3, -0.25) is 4.79 Å². The predicted octanol–water partition coefficient (Wildman–Crippen LogP) is 4.09. The Hall–Kier alpha value is -2.40. The van der Waals surface area contributed by atoms with Crippen LogP contribution in [0.3, 0.4) is 0 Å². The molecule has 24 heavy (non-hydrogen) atoms. The zero-order valence-electron chi connectivity index (χ0n) is 13.9. The normalized spacial score (nSPS) is 12.1. The van der Waals surface area contributed by atoms with E-state index in [1.54, 1.807) is 11.3 Å². The molecule has 0 aliphatic heterocycles. The van der Waals surface area contributed by atoms with Crippen LogP contribution in [-0.2, 0) is 11.2 Å². The Balaban J connectivity index is 1.58. The van der Waals surface area contributed by atoms with E-state index in [9.17, 15) is 4.79 Å². The maximum Gasteiger partial charge on any atom is 0.223 e. The van der Waals surface area contributed by atoms with Gasteiger partial charge in [-0.25, -0.2) is 4.68 Å². The minimum Gasteiger partial charge on any atom is -0.338 e. The fraction of sp³-hybridized carbons (Fsp3) is 0.263. The third-order valence-corrected chi connectivity index (χ3v) is 5.26. The highest BCUT2D eigenvalue weighted by atomic mass is 32.1. The van der Waals surface area contributed by atoms with Gasteiger partial charge in [-0.15, -0.1) is 11.3 Å². The smallest absolute Gasteiger partial charge is 0.223 e. The number of carbonyl (C=O) groups excluding carboxylic acids is 1. The fourth-order valence-corrected chi connectivity index (χ4v) is 3.40. The minimum atomic E-state index is 0.115. The van der Waals surface area contributed by atoms with Crippen LogP contribution in [0.15, 0.2) is 60.2 Å². The van der Waals surface area contributed by atoms with E-state index in [2.05, 4.69) is 18.1 Å². The van der Waals surface area contributed by atoms with Crippen molar-refractivity contribution in [2.75, 3.05) is 7.05 Å². The number of rotatable bonds is 6. The van der Waals surface area contributed by atoms with Gasteiger partial charge in [0.25, 0.3) is 0 Å². The lowest BCUT2D eigenvalue weighted by molar-refractivity contribution is -0.131. The largest absolute Gasteiger partial charge is 0.338 e. The lowest BCUT2D eigenvalue weighted by atomic mass is 10.1. The first-order chi connectivity index (χ1) is 11.6. The lowest BCUT2D eigenvalue weighted by Gasteiger charge is -2.24. The topological polar surface area (TPSA) is 38.1 Å². The van der Waals surface area contributed by atoms with Crippen LogP contribution in [0.1, 0.15) is 29.8 Å². The van der Waals surface area contributed by atoms with Crippen LogP contribution in [0.4, 0.5) is 0 Å². The summed E-state index contributed by atoms with van der Waals surface area (Å²) in [5.41, 5.74) is 2.10. The summed E-state index contributed by atoms with van der Waals surface area (Å²) in [7, 11) is 1.88. The molecule has 0 spiro atoms. The number of amides is 1. The third-order valence-electron chi connectivity index (χ3n) is 4.21. The number of hydrogen-bond donors (Lipinski definition) is 0. The van der Waals surface area contributed by atoms with E-state index in [1.165, 1.54) is 4.88 Å². The van der Waals surface area contributed by atoms with Crippen LogP contribution in [0.5, 0.6) is 0 Å². The third kappa shape index (κ3) is 3.74. The lowest BCUT2D eigenvalue weighted by Crippen LogP contribution is -2.29. The van der Waals surface area contributed by atoms with Crippen molar-refractivity contribution in [1.29, 1.82) is 0 Å². The second-order valence-electron chi connectivity index (χ2n) is 5.82. The first kappa shape index (κ1) is 16.5. The van der Waals surface area contributed by atoms with Crippen molar-refractivity contribution in [1.82, 2.24) is 14.7 Å². The standard InChI is InChI=1S/C19H21N3OS/c1-15(18-9-6-12-24-18)21(2)19(23)11-10-16-13-20-22(14-16)17-7-4-3-5-8-17/h3-9,12-15H,10-11H2,1-2H3. The van der Waals surface area contributed by atoms with Crippen LogP contribution in [0, 0.1) is 0 Å². The van der Waals surface area contributed by atoms with Crippen molar-refractivity contribution in [3.05, 3.63) is 70.7 Å². The fourth-order valence-electron chi connectivity index (χ4n) is 2.57. The van der Waals surface area contributed by atoms with E-state index in [1.807, 2.05) is 70.8 Å². The quantitative estimate of drug-likeness (QED) is 0.678. The number of aryl methyl sites for hydroxylation is 1. The highest BCUT2D eigenvalue weighted by Crippen LogP contribution is 2.24. The van der Waals surface area contributed by atoms with Crippen molar-refractivity contribution < 1.29 is 4.79 Å². The van der Waals surface area contributed by atoms with Gasteiger partial charge >= 0.3 is 0 Å². The molecule has 124 valence electrons. The Labute approximate surface area is 146 Å². The van der Waals surface area contributed by atoms with E-state index in [-0.39, 0.29) is 11.9 Å². The summed E-state index contributed by atoms with van der Waals surface area (Å²) < 4.78 is 1.85. The molecule has 3 aromatic rings. The zero-order chi connectivity index (χ0) is 16.9. The number of para-hydroxylation sites is 1. The average Bonchev–Trinajstić information content (AvgIpc) is 3.31. The van der Waals surface area contributed by atoms with Gasteiger partial charge in [0.1, 0.15) is 0 Å². The monoisotopic (exact) mass is 339 g/mol. The van der Waals surface area contributed by atoms with Crippen LogP contribution in [-0.4, -0.2) is 27.6 Å². The van der Waals surface area contributed by atoms with E-state index in [0.717, 1.165) is 11.3 Å². The summed E-state index contributed by atoms with van der Waals surface area (Å²) in [4.78, 5) is 15.5. The van der Waals surface area contributed by atoms with Crippen molar-refractivity contribution in [3.63, 3.8) is 0 Å². The van der Waals surface area contributed by atoms with E-state index < -0.39 is 0 Å². The van der Waals surface area contributed by atoms with Gasteiger partial charge in [0.15, 0.2) is 0 Å². The molecular weight excluding hydrogens is 318 g/mol. The Morgan fingerprint density at radius 2 is 2.04 bits per heavy atom. The Kier molecular flexibility index (Phi) is 5.11. The summed E-state index contributed by atoms with van der Waals surface area (Å²) in [5.74, 6) is 0.156. The Morgan fingerprint density at radius 1 is 1.25 bits per heavy atom. The molecule has 0 N–H and O–H groups in total. The van der Waals surface area contributed by atoms with Crippen LogP contribution >= 0.6 is 11.3 Å². The van der Waals surface area contributed by atoms with Crippen LogP contribution in [0.25, 0.3) is 5.69 Å². The zero-order valence-corrected chi connectivity index (χ0v) is 14.7. The summed E-state index contributed by atoms with van der Waals surface area (Å²) in [6.45, 7) is 2.07. The molecule has 3 rings (SSSR count). The highest BCUT2D eigenvalue weighted by molar-refractivity contribution is 7.10. The second kappa shape index (κ2) is 7.45. The van der Waals surface area contributed by atoms with Gasteiger partial charge in [0.2, 0.25) is 5.91 Å². The summed E-state index contributed by atoms with van der Waals surface area (Å²) in [6, 6.07) is 14.2. The molecule has 0 aliphatic carbocycles. The molecule has 2 aromatic heterocycles. The van der Waals surface area contributed by atoms with Crippen molar-refractivity contribution >= 4 is 17.2 Å². The van der Waals surface area contributed by atoms with Crippen molar-refractivity contribution in [2.24, 2.45) is 0 Å². The minimum absolute atomic E-state index is 0.115. The molecular formula is C19H21N3OS. The second-order valence-corrected chi connectivity index (χ2v) is 6.80. The first-order valence-corrected chi connectivity index (χ1v) is 8.91. The molecule has 0 aliphatic rings. The number of nitrogens with zero attached hydrogens (tertiary/aromatic N) is 3. The first-order valence-electron chi connectivity index (χ1n) is 8.03. The van der Waals surface area contributed by atoms with Gasteiger partial charge in [-0.2, -0.15) is 5.10 Å². The predicted molar refractivity (Wildman–Crippen MR) is 97.4 cm³/mol. The number of thiophene rings is 1. The SMILES string of the molecule is CC(c1cccs1)N(C)C(=O)CCc1cnn(-c2ccccc2)c1. The maximum absolute atomic E-state index is 12.4. The van der Waals surface area contributed by atoms with Crippen molar-refractivity contribution in [3.8, 4) is 5.69 Å². The summed E-state index contributed by atoms with van der Waals surface area (Å²) >= 11 is 1.68. The molecule has 1 aromatic carbocycles. The molecule has 1 unspecified atom stereocenters. The Morgan fingerprint density at radius 3 is 2.75 bits per heavy atom. The van der Waals surface area contributed by atoms with Crippen LogP contribution in [0.2, 0.25) is 0 Å². The van der Waals surface area contributed by atoms with Crippen molar-refractivity contribution in [2.45, 2.75) is 25.8 Å². The number of aromatic nitrogens is 2. The average molecular weight is 339 g/mol. The summed E-state index contributed by atoms with van der Waals surface area (Å²) in [6.07, 6.45) is 5.02. The molecule has 1 atom stereocenters. The number of hydrogen-bond acceptors (Lipinski definition) is 3. The molecule has 0 bridgehead atoms.